The molecule has 0 atom stereocenters. The van der Waals surface area contributed by atoms with Gasteiger partial charge in [0.2, 0.25) is 0 Å². The summed E-state index contributed by atoms with van der Waals surface area (Å²) in [4.78, 5) is 0. The number of para-hydroxylation sites is 2. The maximum absolute atomic E-state index is 12.6. The summed E-state index contributed by atoms with van der Waals surface area (Å²) in [6.07, 6.45) is 0. The summed E-state index contributed by atoms with van der Waals surface area (Å²) in [5.74, 6) is 0.724. The minimum Gasteiger partial charge on any atom is -0.627 e. The van der Waals surface area contributed by atoms with Crippen molar-refractivity contribution in [2.24, 2.45) is 0 Å². The van der Waals surface area contributed by atoms with Crippen LogP contribution in [0, 0.1) is 5.21 Å². The topological polar surface area (TPSA) is 44.3 Å². The van der Waals surface area contributed by atoms with Crippen LogP contribution < -0.4 is 14.7 Å². The lowest BCUT2D eigenvalue weighted by Crippen LogP contribution is -2.55. The van der Waals surface area contributed by atoms with Crippen molar-refractivity contribution in [2.45, 2.75) is 6.92 Å². The maximum Gasteiger partial charge on any atom is 0.180 e. The largest absolute Gasteiger partial charge is 0.627 e. The van der Waals surface area contributed by atoms with E-state index in [1.807, 2.05) is 31.2 Å². The predicted octanol–water partition coefficient (Wildman–Crippen LogP) is 1.49. The number of nitrogens with zero attached hydrogens (tertiary/aromatic N) is 1. The number of hydrogen-bond acceptors (Lipinski definition) is 3. The van der Waals surface area contributed by atoms with Gasteiger partial charge in [0.25, 0.3) is 0 Å². The van der Waals surface area contributed by atoms with Crippen molar-refractivity contribution < 1.29 is 4.74 Å². The lowest BCUT2D eigenvalue weighted by Gasteiger charge is -2.45. The van der Waals surface area contributed by atoms with E-state index in [4.69, 9.17) is 4.74 Å². The van der Waals surface area contributed by atoms with Crippen molar-refractivity contribution in [3.8, 4) is 5.75 Å². The Morgan fingerprint density at radius 1 is 1.31 bits per heavy atom. The van der Waals surface area contributed by atoms with Crippen LogP contribution in [-0.4, -0.2) is 32.8 Å². The quantitative estimate of drug-likeness (QED) is 0.622. The van der Waals surface area contributed by atoms with Gasteiger partial charge in [-0.25, -0.2) is 0 Å². The van der Waals surface area contributed by atoms with Crippen LogP contribution in [0.5, 0.6) is 5.75 Å². The summed E-state index contributed by atoms with van der Waals surface area (Å²) in [5.41, 5.74) is 0.755. The third-order valence-corrected chi connectivity index (χ3v) is 2.90. The molecule has 1 aliphatic heterocycles. The molecule has 0 radical (unpaired) electrons. The van der Waals surface area contributed by atoms with Crippen LogP contribution in [0.4, 0.5) is 5.69 Å². The van der Waals surface area contributed by atoms with Crippen molar-refractivity contribution in [2.75, 3.05) is 32.8 Å². The van der Waals surface area contributed by atoms with Gasteiger partial charge in [0.05, 0.1) is 19.7 Å². The lowest BCUT2D eigenvalue weighted by molar-refractivity contribution is 0.292. The summed E-state index contributed by atoms with van der Waals surface area (Å²) < 4.78 is 5.24. The third-order valence-electron chi connectivity index (χ3n) is 2.90. The summed E-state index contributed by atoms with van der Waals surface area (Å²) >= 11 is 0. The first kappa shape index (κ1) is 11.4. The number of quaternary nitrogens is 1. The predicted molar refractivity (Wildman–Crippen MR) is 65.4 cm³/mol. The number of nitrogens with one attached hydrogen (secondary N) is 1. The summed E-state index contributed by atoms with van der Waals surface area (Å²) in [5, 5.41) is 15.8. The Morgan fingerprint density at radius 3 is 2.69 bits per heavy atom. The first-order valence-corrected chi connectivity index (χ1v) is 5.77. The van der Waals surface area contributed by atoms with Gasteiger partial charge >= 0.3 is 0 Å². The number of ether oxygens (including phenoxy) is 1. The van der Waals surface area contributed by atoms with Crippen LogP contribution in [0.3, 0.4) is 0 Å². The van der Waals surface area contributed by atoms with Gasteiger partial charge in [-0.05, 0) is 13.0 Å². The highest BCUT2D eigenvalue weighted by Crippen LogP contribution is 2.33. The van der Waals surface area contributed by atoms with Crippen molar-refractivity contribution in [3.63, 3.8) is 0 Å². The molecule has 1 aromatic rings. The van der Waals surface area contributed by atoms with E-state index in [0.29, 0.717) is 19.7 Å². The number of benzene rings is 1. The Labute approximate surface area is 96.0 Å². The Balaban J connectivity index is 2.30. The molecule has 1 N–H and O–H groups in total. The average Bonchev–Trinajstić information content (AvgIpc) is 2.31. The first-order chi connectivity index (χ1) is 7.76. The van der Waals surface area contributed by atoms with E-state index in [1.54, 1.807) is 0 Å². The molecule has 0 unspecified atom stereocenters. The molecule has 0 aliphatic carbocycles. The Hall–Kier alpha value is -1.10. The molecule has 88 valence electrons. The van der Waals surface area contributed by atoms with Gasteiger partial charge < -0.3 is 19.9 Å². The Kier molecular flexibility index (Phi) is 3.43. The van der Waals surface area contributed by atoms with Crippen molar-refractivity contribution >= 4 is 5.69 Å². The van der Waals surface area contributed by atoms with Gasteiger partial charge in [-0.1, -0.05) is 12.1 Å². The van der Waals surface area contributed by atoms with Gasteiger partial charge in [0.1, 0.15) is 0 Å². The Morgan fingerprint density at radius 2 is 2.00 bits per heavy atom. The van der Waals surface area contributed by atoms with Crippen LogP contribution >= 0.6 is 0 Å². The monoisotopic (exact) mass is 222 g/mol. The second-order valence-electron chi connectivity index (χ2n) is 3.99. The van der Waals surface area contributed by atoms with Crippen molar-refractivity contribution in [1.29, 1.82) is 0 Å². The van der Waals surface area contributed by atoms with Crippen molar-refractivity contribution in [1.82, 2.24) is 9.96 Å². The van der Waals surface area contributed by atoms with Crippen LogP contribution in [0.15, 0.2) is 24.3 Å². The highest BCUT2D eigenvalue weighted by molar-refractivity contribution is 5.56. The minimum absolute atomic E-state index is 0.275. The zero-order valence-corrected chi connectivity index (χ0v) is 9.61. The van der Waals surface area contributed by atoms with Gasteiger partial charge in [0.15, 0.2) is 11.4 Å². The van der Waals surface area contributed by atoms with Gasteiger partial charge in [-0.2, -0.15) is 0 Å². The second kappa shape index (κ2) is 4.82. The standard InChI is InChI=1S/C12H18N2O2/c1-2-16-12-6-4-3-5-11(12)14(15)9-7-13-8-10-14/h3-6,13H,2,7-10H2,1H3. The molecule has 4 heteroatoms. The number of rotatable bonds is 3. The normalized spacial score (nSPS) is 19.4. The summed E-state index contributed by atoms with van der Waals surface area (Å²) in [6.45, 7) is 5.21. The van der Waals surface area contributed by atoms with Gasteiger partial charge in [-0.3, -0.25) is 0 Å². The van der Waals surface area contributed by atoms with Crippen LogP contribution in [0.1, 0.15) is 6.92 Å². The summed E-state index contributed by atoms with van der Waals surface area (Å²) in [6, 6.07) is 7.56. The van der Waals surface area contributed by atoms with E-state index in [0.717, 1.165) is 24.5 Å². The first-order valence-electron chi connectivity index (χ1n) is 5.77. The molecule has 0 amide bonds. The number of piperazine rings is 1. The molecule has 1 aromatic carbocycles. The molecule has 0 spiro atoms. The fraction of sp³-hybridized carbons (Fsp3) is 0.500. The molecule has 0 bridgehead atoms. The maximum atomic E-state index is 12.6. The van der Waals surface area contributed by atoms with E-state index in [1.165, 1.54) is 0 Å². The Bertz CT molecular complexity index is 349. The summed E-state index contributed by atoms with van der Waals surface area (Å²) in [7, 11) is 0. The molecule has 1 aliphatic rings. The van der Waals surface area contributed by atoms with E-state index in [-0.39, 0.29) is 4.65 Å². The average molecular weight is 222 g/mol. The van der Waals surface area contributed by atoms with E-state index < -0.39 is 0 Å². The zero-order chi connectivity index (χ0) is 11.4. The zero-order valence-electron chi connectivity index (χ0n) is 9.61. The molecule has 1 fully saturated rings. The third kappa shape index (κ3) is 2.19. The molecule has 2 rings (SSSR count). The smallest absolute Gasteiger partial charge is 0.180 e. The highest BCUT2D eigenvalue weighted by Gasteiger charge is 2.26. The fourth-order valence-electron chi connectivity index (χ4n) is 2.07. The van der Waals surface area contributed by atoms with E-state index in [9.17, 15) is 5.21 Å². The SMILES string of the molecule is CCOc1ccccc1[N+]1([O-])CCNCC1. The second-order valence-corrected chi connectivity index (χ2v) is 3.99. The molecule has 4 nitrogen and oxygen atoms in total. The van der Waals surface area contributed by atoms with Gasteiger partial charge in [0, 0.05) is 19.2 Å². The molecule has 16 heavy (non-hydrogen) atoms. The van der Waals surface area contributed by atoms with Gasteiger partial charge in [-0.15, -0.1) is 0 Å². The molecule has 0 saturated carbocycles. The molecule has 0 aromatic heterocycles. The fourth-order valence-corrected chi connectivity index (χ4v) is 2.07. The molecular formula is C12H18N2O2. The minimum atomic E-state index is -0.275. The van der Waals surface area contributed by atoms with Crippen LogP contribution in [0.25, 0.3) is 0 Å². The van der Waals surface area contributed by atoms with E-state index >= 15 is 0 Å². The molecular weight excluding hydrogens is 204 g/mol. The molecule has 1 saturated heterocycles. The molecule has 1 heterocycles. The number of hydrogen-bond donors (Lipinski definition) is 1. The van der Waals surface area contributed by atoms with E-state index in [2.05, 4.69) is 5.32 Å². The van der Waals surface area contributed by atoms with Crippen LogP contribution in [0.2, 0.25) is 0 Å². The van der Waals surface area contributed by atoms with Crippen LogP contribution in [-0.2, 0) is 0 Å². The number of hydroxylamine groups is 2. The lowest BCUT2D eigenvalue weighted by atomic mass is 10.2. The van der Waals surface area contributed by atoms with Crippen molar-refractivity contribution in [3.05, 3.63) is 29.5 Å². The highest BCUT2D eigenvalue weighted by atomic mass is 16.6.